The van der Waals surface area contributed by atoms with E-state index in [0.29, 0.717) is 19.3 Å². The highest BCUT2D eigenvalue weighted by molar-refractivity contribution is 5.83. The van der Waals surface area contributed by atoms with Crippen LogP contribution in [-0.4, -0.2) is 11.9 Å². The van der Waals surface area contributed by atoms with E-state index in [1.807, 2.05) is 19.1 Å². The zero-order chi connectivity index (χ0) is 14.4. The maximum atomic E-state index is 11.7. The first kappa shape index (κ1) is 14.1. The van der Waals surface area contributed by atoms with E-state index in [-0.39, 0.29) is 11.9 Å². The summed E-state index contributed by atoms with van der Waals surface area (Å²) in [6, 6.07) is 16.1. The van der Waals surface area contributed by atoms with Crippen LogP contribution in [0.15, 0.2) is 42.5 Å². The summed E-state index contributed by atoms with van der Waals surface area (Å²) < 4.78 is 0. The zero-order valence-electron chi connectivity index (χ0n) is 11.6. The number of amides is 1. The molecule has 1 atom stereocenters. The molecule has 20 heavy (non-hydrogen) atoms. The number of nitriles is 1. The summed E-state index contributed by atoms with van der Waals surface area (Å²) in [5, 5.41) is 13.9. The fraction of sp³-hybridized carbons (Fsp3) is 0.294. The molecule has 3 heteroatoms. The van der Waals surface area contributed by atoms with Crippen molar-refractivity contribution in [2.75, 3.05) is 0 Å². The average Bonchev–Trinajstić information content (AvgIpc) is 2.50. The molecule has 2 aromatic carbocycles. The lowest BCUT2D eigenvalue weighted by atomic mass is 10.0. The Morgan fingerprint density at radius 3 is 2.70 bits per heavy atom. The largest absolute Gasteiger partial charge is 0.340 e. The number of carbonyl (C=O) groups is 1. The minimum Gasteiger partial charge on any atom is -0.340 e. The average molecular weight is 266 g/mol. The summed E-state index contributed by atoms with van der Waals surface area (Å²) in [7, 11) is 0. The molecule has 2 aromatic rings. The molecule has 0 aliphatic heterocycles. The predicted molar refractivity (Wildman–Crippen MR) is 80.1 cm³/mol. The maximum absolute atomic E-state index is 11.7. The molecule has 0 bridgehead atoms. The first-order valence-corrected chi connectivity index (χ1v) is 6.89. The van der Waals surface area contributed by atoms with Crippen LogP contribution in [0.1, 0.15) is 25.3 Å². The second kappa shape index (κ2) is 6.72. The number of fused-ring (bicyclic) bond motifs is 1. The molecular formula is C17H18N2O. The number of benzene rings is 2. The molecule has 0 spiro atoms. The third kappa shape index (κ3) is 3.58. The lowest BCUT2D eigenvalue weighted by Crippen LogP contribution is -2.33. The minimum absolute atomic E-state index is 0.0634. The maximum Gasteiger partial charge on any atom is 0.221 e. The lowest BCUT2D eigenvalue weighted by Gasteiger charge is -2.09. The van der Waals surface area contributed by atoms with E-state index in [0.717, 1.165) is 5.56 Å². The summed E-state index contributed by atoms with van der Waals surface area (Å²) >= 11 is 0. The molecular weight excluding hydrogens is 248 g/mol. The number of hydrogen-bond donors (Lipinski definition) is 1. The minimum atomic E-state index is -0.376. The van der Waals surface area contributed by atoms with Crippen LogP contribution in [0.2, 0.25) is 0 Å². The van der Waals surface area contributed by atoms with Crippen molar-refractivity contribution >= 4 is 16.7 Å². The topological polar surface area (TPSA) is 52.9 Å². The van der Waals surface area contributed by atoms with Gasteiger partial charge in [0.25, 0.3) is 0 Å². The van der Waals surface area contributed by atoms with E-state index in [1.165, 1.54) is 10.8 Å². The smallest absolute Gasteiger partial charge is 0.221 e. The molecule has 1 amide bonds. The predicted octanol–water partition coefficient (Wildman–Crippen LogP) is 3.19. The van der Waals surface area contributed by atoms with E-state index < -0.39 is 0 Å². The van der Waals surface area contributed by atoms with Gasteiger partial charge >= 0.3 is 0 Å². The van der Waals surface area contributed by atoms with Crippen LogP contribution >= 0.6 is 0 Å². The van der Waals surface area contributed by atoms with Gasteiger partial charge in [-0.2, -0.15) is 5.26 Å². The van der Waals surface area contributed by atoms with E-state index in [1.54, 1.807) is 0 Å². The molecule has 0 radical (unpaired) electrons. The molecule has 0 fully saturated rings. The third-order valence-electron chi connectivity index (χ3n) is 3.35. The Bertz CT molecular complexity index is 643. The highest BCUT2D eigenvalue weighted by Gasteiger charge is 2.09. The number of nitrogens with zero attached hydrogens (tertiary/aromatic N) is 1. The fourth-order valence-electron chi connectivity index (χ4n) is 2.14. The zero-order valence-corrected chi connectivity index (χ0v) is 11.6. The van der Waals surface area contributed by atoms with Crippen LogP contribution in [0.3, 0.4) is 0 Å². The van der Waals surface area contributed by atoms with Crippen molar-refractivity contribution in [2.45, 2.75) is 32.2 Å². The van der Waals surface area contributed by atoms with Gasteiger partial charge in [0.05, 0.1) is 6.07 Å². The number of rotatable bonds is 5. The second-order valence-corrected chi connectivity index (χ2v) is 4.84. The van der Waals surface area contributed by atoms with Crippen molar-refractivity contribution in [3.8, 4) is 6.07 Å². The Morgan fingerprint density at radius 1 is 1.25 bits per heavy atom. The SMILES string of the molecule is CCC(C#N)NC(=O)CCc1ccc2ccccc2c1. The van der Waals surface area contributed by atoms with Crippen molar-refractivity contribution in [1.29, 1.82) is 5.26 Å². The van der Waals surface area contributed by atoms with Gasteiger partial charge in [-0.3, -0.25) is 4.79 Å². The van der Waals surface area contributed by atoms with Crippen LogP contribution < -0.4 is 5.32 Å². The Hall–Kier alpha value is -2.34. The highest BCUT2D eigenvalue weighted by atomic mass is 16.1. The number of aryl methyl sites for hydroxylation is 1. The number of nitrogens with one attached hydrogen (secondary N) is 1. The van der Waals surface area contributed by atoms with E-state index in [4.69, 9.17) is 5.26 Å². The normalized spacial score (nSPS) is 11.8. The molecule has 1 unspecified atom stereocenters. The molecule has 0 heterocycles. The number of carbonyl (C=O) groups excluding carboxylic acids is 1. The quantitative estimate of drug-likeness (QED) is 0.903. The Morgan fingerprint density at radius 2 is 2.00 bits per heavy atom. The van der Waals surface area contributed by atoms with Gasteiger partial charge in [0.15, 0.2) is 0 Å². The van der Waals surface area contributed by atoms with E-state index >= 15 is 0 Å². The summed E-state index contributed by atoms with van der Waals surface area (Å²) in [5.74, 6) is -0.0634. The van der Waals surface area contributed by atoms with Gasteiger partial charge in [-0.15, -0.1) is 0 Å². The van der Waals surface area contributed by atoms with Crippen molar-refractivity contribution in [2.24, 2.45) is 0 Å². The van der Waals surface area contributed by atoms with Crippen LogP contribution in [0.4, 0.5) is 0 Å². The van der Waals surface area contributed by atoms with Crippen molar-refractivity contribution in [3.63, 3.8) is 0 Å². The summed E-state index contributed by atoms with van der Waals surface area (Å²) in [5.41, 5.74) is 1.14. The van der Waals surface area contributed by atoms with Crippen LogP contribution in [0.25, 0.3) is 10.8 Å². The molecule has 0 aliphatic rings. The molecule has 0 aliphatic carbocycles. The monoisotopic (exact) mass is 266 g/mol. The van der Waals surface area contributed by atoms with Gasteiger partial charge in [0.1, 0.15) is 6.04 Å². The van der Waals surface area contributed by atoms with Gasteiger partial charge in [-0.25, -0.2) is 0 Å². The van der Waals surface area contributed by atoms with Crippen LogP contribution in [0, 0.1) is 11.3 Å². The molecule has 0 saturated heterocycles. The van der Waals surface area contributed by atoms with Gasteiger partial charge in [-0.1, -0.05) is 49.4 Å². The van der Waals surface area contributed by atoms with Gasteiger partial charge in [-0.05, 0) is 29.2 Å². The van der Waals surface area contributed by atoms with E-state index in [2.05, 4.69) is 41.7 Å². The summed E-state index contributed by atoms with van der Waals surface area (Å²) in [6.45, 7) is 1.89. The Kier molecular flexibility index (Phi) is 4.73. The molecule has 0 aromatic heterocycles. The summed E-state index contributed by atoms with van der Waals surface area (Å²) in [4.78, 5) is 11.7. The van der Waals surface area contributed by atoms with Crippen molar-refractivity contribution < 1.29 is 4.79 Å². The Labute approximate surface area is 119 Å². The second-order valence-electron chi connectivity index (χ2n) is 4.84. The fourth-order valence-corrected chi connectivity index (χ4v) is 2.14. The first-order chi connectivity index (χ1) is 9.72. The molecule has 102 valence electrons. The highest BCUT2D eigenvalue weighted by Crippen LogP contribution is 2.16. The number of hydrogen-bond acceptors (Lipinski definition) is 2. The molecule has 2 rings (SSSR count). The lowest BCUT2D eigenvalue weighted by molar-refractivity contribution is -0.121. The first-order valence-electron chi connectivity index (χ1n) is 6.89. The van der Waals surface area contributed by atoms with Gasteiger partial charge in [0, 0.05) is 6.42 Å². The van der Waals surface area contributed by atoms with Crippen LogP contribution in [0.5, 0.6) is 0 Å². The van der Waals surface area contributed by atoms with Gasteiger partial charge < -0.3 is 5.32 Å². The molecule has 3 nitrogen and oxygen atoms in total. The molecule has 0 saturated carbocycles. The Balaban J connectivity index is 1.95. The summed E-state index contributed by atoms with van der Waals surface area (Å²) in [6.07, 6.45) is 1.74. The van der Waals surface area contributed by atoms with Crippen molar-refractivity contribution in [1.82, 2.24) is 5.32 Å². The van der Waals surface area contributed by atoms with Crippen molar-refractivity contribution in [3.05, 3.63) is 48.0 Å². The van der Waals surface area contributed by atoms with E-state index in [9.17, 15) is 4.79 Å². The standard InChI is InChI=1S/C17H18N2O/c1-2-16(12-18)19-17(20)10-8-13-7-9-14-5-3-4-6-15(14)11-13/h3-7,9,11,16H,2,8,10H2,1H3,(H,19,20). The van der Waals surface area contributed by atoms with Gasteiger partial charge in [0.2, 0.25) is 5.91 Å². The van der Waals surface area contributed by atoms with Crippen LogP contribution in [-0.2, 0) is 11.2 Å². The third-order valence-corrected chi connectivity index (χ3v) is 3.35. The molecule has 1 N–H and O–H groups in total.